The summed E-state index contributed by atoms with van der Waals surface area (Å²) in [6, 6.07) is -11.0. The van der Waals surface area contributed by atoms with Gasteiger partial charge in [-0.3, -0.25) is 57.5 Å². The van der Waals surface area contributed by atoms with Crippen LogP contribution in [0.3, 0.4) is 0 Å². The molecule has 4 saturated carbocycles. The van der Waals surface area contributed by atoms with Crippen LogP contribution in [0.4, 0.5) is 35.1 Å². The van der Waals surface area contributed by atoms with E-state index in [2.05, 4.69) is 16.0 Å². The monoisotopic (exact) mass is 1500 g/mol. The van der Waals surface area contributed by atoms with Crippen molar-refractivity contribution in [2.24, 2.45) is 35.5 Å². The first kappa shape index (κ1) is 83.7. The standard InChI is InChI=1S/C72H110F8N12O13/c1-10-42(2)59-67(102)85(5)41-57(95)87(7)52-20-13-16-30-92(66(52)101)54(38-44-22-25-47(26-23-44)71(75,76)77)64(99)84(4)40-55(93)81-50(27-24-45-36-48(73)58(49(74)37-45)72(78,79)80)63(98)91-31-17-21-51(91)62(97)83-70(28-14-15-29-70)69(104)89(9)60(46-18-11-12-19-46)68(103)88(8)53(65(100)90-32-34-105-35-33-90)39-56(94)86(6)43(3)61(96)82-59/h42-54,58-60H,10-41H2,1-9H3,(H,81,93)(H,82,96)(H,83,97)/t42-,43-,44?,45?,47?,48?,49?,50-,51-,52-,53-,54-,58?,59-,60-/m0/s1. The third-order valence-corrected chi connectivity index (χ3v) is 24.2. The summed E-state index contributed by atoms with van der Waals surface area (Å²) in [5.74, 6) is -16.3. The molecule has 8 rings (SSSR count). The Morgan fingerprint density at radius 1 is 0.581 bits per heavy atom. The minimum Gasteiger partial charge on any atom is -0.378 e. The fourth-order valence-corrected chi connectivity index (χ4v) is 17.3. The van der Waals surface area contributed by atoms with Crippen LogP contribution in [0.1, 0.15) is 175 Å². The number of likely N-dealkylation sites (N-methyl/N-ethyl adjacent to an activating group) is 6. The molecule has 8 aliphatic rings. The Morgan fingerprint density at radius 2 is 1.17 bits per heavy atom. The van der Waals surface area contributed by atoms with Gasteiger partial charge in [0.05, 0.1) is 38.6 Å². The number of hydrogen-bond acceptors (Lipinski definition) is 13. The quantitative estimate of drug-likeness (QED) is 0.247. The summed E-state index contributed by atoms with van der Waals surface area (Å²) in [5.41, 5.74) is -1.67. The topological polar surface area (TPSA) is 279 Å². The maximum atomic E-state index is 15.6. The summed E-state index contributed by atoms with van der Waals surface area (Å²) in [6.45, 7) is 3.80. The number of nitrogens with one attached hydrogen (secondary N) is 3. The fourth-order valence-electron chi connectivity index (χ4n) is 17.3. The number of hydrogen-bond donors (Lipinski definition) is 3. The number of morpholine rings is 1. The molecule has 11 atom stereocenters. The van der Waals surface area contributed by atoms with Gasteiger partial charge in [-0.1, -0.05) is 46.0 Å². The minimum atomic E-state index is -5.20. The maximum absolute atomic E-state index is 15.6. The molecule has 25 nitrogen and oxygen atoms in total. The van der Waals surface area contributed by atoms with E-state index in [4.69, 9.17) is 4.74 Å². The van der Waals surface area contributed by atoms with Crippen LogP contribution in [0.5, 0.6) is 0 Å². The van der Waals surface area contributed by atoms with Crippen LogP contribution in [-0.2, 0) is 62.3 Å². The molecule has 105 heavy (non-hydrogen) atoms. The van der Waals surface area contributed by atoms with Crippen molar-refractivity contribution in [1.29, 1.82) is 0 Å². The predicted molar refractivity (Wildman–Crippen MR) is 365 cm³/mol. The largest absolute Gasteiger partial charge is 0.397 e. The molecule has 0 aromatic heterocycles. The van der Waals surface area contributed by atoms with Crippen LogP contribution < -0.4 is 16.0 Å². The second-order valence-electron chi connectivity index (χ2n) is 31.1. The van der Waals surface area contributed by atoms with E-state index in [-0.39, 0.29) is 116 Å². The lowest BCUT2D eigenvalue weighted by molar-refractivity contribution is -0.219. The molecule has 2 unspecified atom stereocenters. The summed E-state index contributed by atoms with van der Waals surface area (Å²) >= 11 is 0. The van der Waals surface area contributed by atoms with Crippen molar-refractivity contribution in [1.82, 2.24) is 60.0 Å². The molecule has 592 valence electrons. The van der Waals surface area contributed by atoms with Gasteiger partial charge in [0.15, 0.2) is 0 Å². The molecule has 12 amide bonds. The Labute approximate surface area is 609 Å². The molecule has 2 bridgehead atoms. The molecule has 1 spiro atoms. The normalized spacial score (nSPS) is 32.5. The van der Waals surface area contributed by atoms with Gasteiger partial charge in [-0.15, -0.1) is 0 Å². The molecule has 8 fully saturated rings. The summed E-state index contributed by atoms with van der Waals surface area (Å²) in [7, 11) is 8.04. The summed E-state index contributed by atoms with van der Waals surface area (Å²) in [5, 5.41) is 8.39. The van der Waals surface area contributed by atoms with Gasteiger partial charge in [-0.2, -0.15) is 26.3 Å². The summed E-state index contributed by atoms with van der Waals surface area (Å²) < 4.78 is 120. The Bertz CT molecular complexity index is 3110. The van der Waals surface area contributed by atoms with Crippen molar-refractivity contribution in [2.45, 2.75) is 253 Å². The van der Waals surface area contributed by atoms with Crippen molar-refractivity contribution in [3.8, 4) is 0 Å². The number of amides is 12. The lowest BCUT2D eigenvalue weighted by Gasteiger charge is -2.42. The number of nitrogens with zero attached hydrogens (tertiary/aromatic N) is 9. The van der Waals surface area contributed by atoms with Crippen LogP contribution in [-0.4, -0.2) is 288 Å². The average Bonchev–Trinajstić information content (AvgIpc) is 1.74. The number of carbonyl (C=O) groups excluding carboxylic acids is 12. The number of rotatable bonds is 9. The van der Waals surface area contributed by atoms with Crippen molar-refractivity contribution in [3.63, 3.8) is 0 Å². The highest BCUT2D eigenvalue weighted by molar-refractivity contribution is 6.01. The molecule has 0 aromatic rings. The van der Waals surface area contributed by atoms with Crippen LogP contribution in [0, 0.1) is 35.5 Å². The first-order valence-electron chi connectivity index (χ1n) is 37.8. The molecule has 3 N–H and O–H groups in total. The maximum Gasteiger partial charge on any atom is 0.397 e. The van der Waals surface area contributed by atoms with Gasteiger partial charge in [-0.25, -0.2) is 8.78 Å². The van der Waals surface area contributed by atoms with Crippen molar-refractivity contribution < 1.29 is 97.4 Å². The van der Waals surface area contributed by atoms with E-state index in [9.17, 15) is 55.1 Å². The van der Waals surface area contributed by atoms with Gasteiger partial charge in [-0.05, 0) is 146 Å². The Balaban J connectivity index is 1.17. The number of alkyl halides is 8. The molecule has 4 aliphatic carbocycles. The van der Waals surface area contributed by atoms with E-state index in [1.54, 1.807) is 13.8 Å². The molecule has 4 aliphatic heterocycles. The molecular formula is C72H110F8N12O13. The Hall–Kier alpha value is -6.96. The molecular weight excluding hydrogens is 1390 g/mol. The van der Waals surface area contributed by atoms with Crippen LogP contribution in [0.25, 0.3) is 0 Å². The highest BCUT2D eigenvalue weighted by Crippen LogP contribution is 2.46. The molecule has 0 radical (unpaired) electrons. The minimum absolute atomic E-state index is 0.0179. The van der Waals surface area contributed by atoms with Crippen molar-refractivity contribution in [2.75, 3.05) is 94.8 Å². The van der Waals surface area contributed by atoms with Gasteiger partial charge >= 0.3 is 12.4 Å². The first-order chi connectivity index (χ1) is 49.4. The van der Waals surface area contributed by atoms with Gasteiger partial charge < -0.3 is 64.8 Å². The number of fused-ring (bicyclic) bond motifs is 3. The van der Waals surface area contributed by atoms with E-state index < -0.39 is 224 Å². The number of halogens is 8. The third kappa shape index (κ3) is 19.9. The van der Waals surface area contributed by atoms with E-state index in [0.29, 0.717) is 51.4 Å². The first-order valence-corrected chi connectivity index (χ1v) is 37.8. The van der Waals surface area contributed by atoms with Crippen LogP contribution in [0.2, 0.25) is 0 Å². The van der Waals surface area contributed by atoms with E-state index in [1.807, 2.05) is 0 Å². The van der Waals surface area contributed by atoms with Crippen LogP contribution in [0.15, 0.2) is 0 Å². The summed E-state index contributed by atoms with van der Waals surface area (Å²) in [4.78, 5) is 190. The van der Waals surface area contributed by atoms with E-state index >= 15 is 37.5 Å². The zero-order valence-electron chi connectivity index (χ0n) is 62.2. The Morgan fingerprint density at radius 3 is 1.77 bits per heavy atom. The second kappa shape index (κ2) is 35.8. The number of carbonyl (C=O) groups is 12. The van der Waals surface area contributed by atoms with Crippen molar-refractivity contribution >= 4 is 70.9 Å². The molecule has 4 saturated heterocycles. The Kier molecular flexibility index (Phi) is 28.6. The van der Waals surface area contributed by atoms with Gasteiger partial charge in [0, 0.05) is 68.5 Å². The molecule has 33 heteroatoms. The zero-order chi connectivity index (χ0) is 77.3. The predicted octanol–water partition coefficient (Wildman–Crippen LogP) is 5.30. The van der Waals surface area contributed by atoms with Crippen LogP contribution >= 0.6 is 0 Å². The SMILES string of the molecule is CC[C@H](C)[C@@H]1NC(=O)[C@H](C)N(C)C(=O)C[C@@H](C(=O)N2CCOCC2)N(C)C(=O)[C@H](C2CCCC2)N(C)C(=O)C2(CCCC2)NC(=O)[C@@H]2CCCN2C(=O)[C@H](CCC2CC(F)C(C(F)(F)F)C(F)C2)NC(=O)CN(C)C(=O)[C@H](CC2CCC(C(F)(F)F)CC2)N2CCCC[C@@H](C2=O)N(C)C(=O)CN(C)C1=O. The smallest absolute Gasteiger partial charge is 0.378 e. The lowest BCUT2D eigenvalue weighted by Crippen LogP contribution is -2.65. The van der Waals surface area contributed by atoms with Gasteiger partial charge in [0.2, 0.25) is 70.9 Å². The zero-order valence-corrected chi connectivity index (χ0v) is 62.2. The number of ether oxygens (including phenoxy) is 1. The molecule has 0 aromatic carbocycles. The lowest BCUT2D eigenvalue weighted by atomic mass is 9.76. The molecule has 4 heterocycles. The highest BCUT2D eigenvalue weighted by atomic mass is 19.4. The van der Waals surface area contributed by atoms with E-state index in [1.165, 1.54) is 68.8 Å². The van der Waals surface area contributed by atoms with Crippen molar-refractivity contribution in [3.05, 3.63) is 0 Å². The van der Waals surface area contributed by atoms with E-state index in [0.717, 1.165) is 24.5 Å². The third-order valence-electron chi connectivity index (χ3n) is 24.2. The highest BCUT2D eigenvalue weighted by Gasteiger charge is 2.55. The average molecular weight is 1500 g/mol. The summed E-state index contributed by atoms with van der Waals surface area (Å²) in [6.07, 6.45) is -13.8. The fraction of sp³-hybridized carbons (Fsp3) is 0.833. The van der Waals surface area contributed by atoms with Gasteiger partial charge in [0.1, 0.15) is 72.1 Å². The second-order valence-corrected chi connectivity index (χ2v) is 31.1. The van der Waals surface area contributed by atoms with Gasteiger partial charge in [0.25, 0.3) is 0 Å².